The van der Waals surface area contributed by atoms with Crippen molar-refractivity contribution < 1.29 is 39.3 Å². The minimum absolute atomic E-state index is 0.103. The van der Waals surface area contributed by atoms with Crippen molar-refractivity contribution in [2.75, 3.05) is 5.75 Å². The Morgan fingerprint density at radius 1 is 0.980 bits per heavy atom. The van der Waals surface area contributed by atoms with Gasteiger partial charge in [-0.1, -0.05) is 26.5 Å². The maximum Gasteiger partial charge on any atom is 0.321 e. The summed E-state index contributed by atoms with van der Waals surface area (Å²) < 4.78 is 0. The highest BCUT2D eigenvalue weighted by Gasteiger charge is 2.38. The van der Waals surface area contributed by atoms with Gasteiger partial charge in [0.1, 0.15) is 6.04 Å². The lowest BCUT2D eigenvalue weighted by atomic mass is 9.89. The summed E-state index contributed by atoms with van der Waals surface area (Å²) in [6.07, 6.45) is 5.86. The van der Waals surface area contributed by atoms with E-state index in [-0.39, 0.29) is 60.5 Å². The normalized spacial score (nSPS) is 21.1. The highest BCUT2D eigenvalue weighted by Crippen LogP contribution is 2.33. The van der Waals surface area contributed by atoms with Crippen LogP contribution in [0.15, 0.2) is 28.8 Å². The Balaban J connectivity index is 1.81. The number of amides is 2. The molecule has 4 heterocycles. The molecule has 0 aromatic carbocycles. The Morgan fingerprint density at radius 2 is 1.62 bits per heavy atom. The second-order valence-corrected chi connectivity index (χ2v) is 14.4. The van der Waals surface area contributed by atoms with Gasteiger partial charge in [-0.05, 0) is 73.6 Å². The van der Waals surface area contributed by atoms with Gasteiger partial charge in [0.2, 0.25) is 5.91 Å². The van der Waals surface area contributed by atoms with Crippen LogP contribution in [0.4, 0.5) is 0 Å². The molecule has 0 saturated heterocycles. The Morgan fingerprint density at radius 3 is 2.20 bits per heavy atom. The second-order valence-electron chi connectivity index (χ2n) is 13.0. The van der Waals surface area contributed by atoms with E-state index in [4.69, 9.17) is 5.73 Å². The van der Waals surface area contributed by atoms with E-state index in [1.165, 1.54) is 17.8 Å². The highest BCUT2D eigenvalue weighted by atomic mass is 32.2. The summed E-state index contributed by atoms with van der Waals surface area (Å²) in [7, 11) is 0. The molecule has 2 amide bonds. The third-order valence-corrected chi connectivity index (χ3v) is 11.1. The summed E-state index contributed by atoms with van der Waals surface area (Å²) in [5, 5.41) is 32.4. The van der Waals surface area contributed by atoms with Crippen molar-refractivity contribution in [3.63, 3.8) is 0 Å². The molecule has 8 N–H and O–H groups in total. The largest absolute Gasteiger partial charge is 0.481 e. The summed E-state index contributed by atoms with van der Waals surface area (Å²) in [6, 6.07) is -1.31. The SMILES string of the molecule is C=CC1=C(C)[C@@H](Cc2[nH]c(/C=c3\[nH]/c(=C/C4=NC(=O)[C@@H](C)[C@H]4[C@H](C)SC[C@@H](N)C(=O)O)c(C)c3CCC(=O)O)c(CCC(=O)O)c2C)NC1=O. The van der Waals surface area contributed by atoms with Crippen molar-refractivity contribution in [1.82, 2.24) is 15.3 Å². The number of carbonyl (C=O) groups excluding carboxylic acids is 2. The number of carboxylic acid groups (broad SMARTS) is 3. The first-order chi connectivity index (χ1) is 23.5. The van der Waals surface area contributed by atoms with Gasteiger partial charge >= 0.3 is 17.9 Å². The van der Waals surface area contributed by atoms with Gasteiger partial charge < -0.3 is 36.3 Å². The van der Waals surface area contributed by atoms with E-state index in [0.717, 1.165) is 33.5 Å². The van der Waals surface area contributed by atoms with Crippen LogP contribution < -0.4 is 21.7 Å². The molecule has 268 valence electrons. The lowest BCUT2D eigenvalue weighted by Crippen LogP contribution is -2.35. The number of aromatic amines is 2. The Hall–Kier alpha value is -4.69. The number of nitrogens with two attached hydrogens (primary N) is 1. The van der Waals surface area contributed by atoms with Crippen molar-refractivity contribution in [3.8, 4) is 0 Å². The van der Waals surface area contributed by atoms with Crippen molar-refractivity contribution in [2.24, 2.45) is 22.6 Å². The lowest BCUT2D eigenvalue weighted by molar-refractivity contribution is -0.138. The first-order valence-corrected chi connectivity index (χ1v) is 17.5. The summed E-state index contributed by atoms with van der Waals surface area (Å²) in [5.41, 5.74) is 12.4. The number of nitrogens with zero attached hydrogens (tertiary/aromatic N) is 1. The number of rotatable bonds is 16. The van der Waals surface area contributed by atoms with Gasteiger partial charge in [0.15, 0.2) is 0 Å². The molecule has 0 spiro atoms. The summed E-state index contributed by atoms with van der Waals surface area (Å²) in [4.78, 5) is 71.0. The van der Waals surface area contributed by atoms with Gasteiger partial charge in [-0.2, -0.15) is 11.8 Å². The predicted octanol–water partition coefficient (Wildman–Crippen LogP) is 1.91. The van der Waals surface area contributed by atoms with Gasteiger partial charge in [-0.3, -0.25) is 24.0 Å². The minimum atomic E-state index is -1.10. The minimum Gasteiger partial charge on any atom is -0.481 e. The average molecular weight is 708 g/mol. The van der Waals surface area contributed by atoms with Crippen molar-refractivity contribution in [3.05, 3.63) is 68.1 Å². The van der Waals surface area contributed by atoms with Crippen molar-refractivity contribution >= 4 is 59.3 Å². The number of thioether (sulfide) groups is 1. The van der Waals surface area contributed by atoms with Gasteiger partial charge in [-0.15, -0.1) is 0 Å². The Kier molecular flexibility index (Phi) is 12.1. The fourth-order valence-corrected chi connectivity index (χ4v) is 7.92. The zero-order valence-corrected chi connectivity index (χ0v) is 29.7. The topological polar surface area (TPSA) is 228 Å². The van der Waals surface area contributed by atoms with Crippen LogP contribution in [0, 0.1) is 25.7 Å². The number of aliphatic carboxylic acids is 3. The predicted molar refractivity (Wildman–Crippen MR) is 191 cm³/mol. The zero-order valence-electron chi connectivity index (χ0n) is 28.9. The third-order valence-electron chi connectivity index (χ3n) is 9.71. The molecule has 0 saturated carbocycles. The van der Waals surface area contributed by atoms with Crippen molar-refractivity contribution in [1.29, 1.82) is 0 Å². The first kappa shape index (κ1) is 38.1. The fourth-order valence-electron chi connectivity index (χ4n) is 6.68. The van der Waals surface area contributed by atoms with Crippen LogP contribution in [0.1, 0.15) is 67.3 Å². The van der Waals surface area contributed by atoms with E-state index in [2.05, 4.69) is 26.9 Å². The monoisotopic (exact) mass is 707 g/mol. The van der Waals surface area contributed by atoms with E-state index in [1.807, 2.05) is 33.8 Å². The molecule has 0 fully saturated rings. The van der Waals surface area contributed by atoms with Crippen LogP contribution in [0.3, 0.4) is 0 Å². The number of nitrogens with one attached hydrogen (secondary N) is 3. The number of aliphatic imine (C=N–C) groups is 1. The lowest BCUT2D eigenvalue weighted by Gasteiger charge is -2.23. The first-order valence-electron chi connectivity index (χ1n) is 16.4. The van der Waals surface area contributed by atoms with Crippen LogP contribution in [-0.4, -0.2) is 83.8 Å². The van der Waals surface area contributed by atoms with Gasteiger partial charge in [0.25, 0.3) is 5.91 Å². The zero-order chi connectivity index (χ0) is 37.0. The molecule has 0 radical (unpaired) electrons. The summed E-state index contributed by atoms with van der Waals surface area (Å²) in [5.74, 6) is -4.05. The van der Waals surface area contributed by atoms with E-state index in [0.29, 0.717) is 34.1 Å². The van der Waals surface area contributed by atoms with Gasteiger partial charge in [0.05, 0.1) is 11.8 Å². The highest BCUT2D eigenvalue weighted by molar-refractivity contribution is 8.00. The molecule has 2 aromatic rings. The second kappa shape index (κ2) is 15.9. The number of H-pyrrole nitrogens is 2. The van der Waals surface area contributed by atoms with Crippen molar-refractivity contribution in [2.45, 2.75) is 84.1 Å². The molecule has 5 atom stereocenters. The van der Waals surface area contributed by atoms with Gasteiger partial charge in [0, 0.05) is 69.8 Å². The number of carbonyl (C=O) groups is 5. The maximum absolute atomic E-state index is 12.8. The average Bonchev–Trinajstić information content (AvgIpc) is 3.69. The number of hydrogen-bond acceptors (Lipinski definition) is 7. The third kappa shape index (κ3) is 8.36. The van der Waals surface area contributed by atoms with E-state index in [9.17, 15) is 39.3 Å². The molecular weight excluding hydrogens is 662 g/mol. The maximum atomic E-state index is 12.8. The number of carboxylic acids is 3. The van der Waals surface area contributed by atoms with E-state index in [1.54, 1.807) is 13.0 Å². The Labute approximate surface area is 293 Å². The molecule has 2 aromatic heterocycles. The Bertz CT molecular complexity index is 1920. The molecule has 0 unspecified atom stereocenters. The molecule has 2 aliphatic rings. The number of hydrogen-bond donors (Lipinski definition) is 7. The van der Waals surface area contributed by atoms with E-state index < -0.39 is 29.9 Å². The van der Waals surface area contributed by atoms with Crippen LogP contribution in [0.5, 0.6) is 0 Å². The molecule has 4 rings (SSSR count). The van der Waals surface area contributed by atoms with E-state index >= 15 is 0 Å². The van der Waals surface area contributed by atoms with Crippen LogP contribution in [0.25, 0.3) is 12.2 Å². The summed E-state index contributed by atoms with van der Waals surface area (Å²) in [6.45, 7) is 13.1. The van der Waals surface area contributed by atoms with Crippen LogP contribution in [0.2, 0.25) is 0 Å². The smallest absolute Gasteiger partial charge is 0.321 e. The molecule has 2 aliphatic heterocycles. The standard InChI is InChI=1S/C36H45N5O8S/c1-7-21-16(2)27(40-35(21)47)12-25-17(3)22(8-10-31(42)43)28(38-25)14-29-23(9-11-32(44)45)18(4)26(39-29)13-30-33(19(5)34(46)41-30)20(6)50-15-24(37)36(48)49/h7,13-14,19-20,24,27,33,38-39H,1,8-12,15,37H2,2-6H3,(H,40,47)(H,42,43)(H,44,45)(H,48,49)/b26-13+,29-14-/t19-,20-,24+,27+,33-/m0/s1. The quantitative estimate of drug-likeness (QED) is 0.134. The molecule has 0 bridgehead atoms. The number of aromatic nitrogens is 2. The fraction of sp³-hybridized carbons (Fsp3) is 0.444. The van der Waals surface area contributed by atoms with Crippen LogP contribution >= 0.6 is 11.8 Å². The van der Waals surface area contributed by atoms with Gasteiger partial charge in [-0.25, -0.2) is 4.99 Å². The molecule has 13 nitrogen and oxygen atoms in total. The molecule has 14 heteroatoms. The van der Waals surface area contributed by atoms with Crippen LogP contribution in [-0.2, 0) is 43.2 Å². The molecule has 0 aliphatic carbocycles. The molecular formula is C36H45N5O8S. The summed E-state index contributed by atoms with van der Waals surface area (Å²) >= 11 is 1.36. The molecule has 50 heavy (non-hydrogen) atoms.